The minimum absolute atomic E-state index is 0.0198. The maximum absolute atomic E-state index is 10.4. The standard InChI is InChI=1S/C23H26N4OS/c1-4-13-26-22(21(25-23(26)29)18-9-7-8-12-24-18)17-14-15(2)27(16(17)3)19-10-5-6-11-20(19)28/h5-12,14,21-22,28H,4,13H2,1-3H3,(H,25,29)/t21-,22-/m0/s1. The van der Waals surface area contributed by atoms with Crippen molar-refractivity contribution in [2.75, 3.05) is 6.54 Å². The Morgan fingerprint density at radius 2 is 1.90 bits per heavy atom. The van der Waals surface area contributed by atoms with Crippen molar-refractivity contribution in [1.29, 1.82) is 0 Å². The van der Waals surface area contributed by atoms with Gasteiger partial charge < -0.3 is 19.9 Å². The Morgan fingerprint density at radius 3 is 2.59 bits per heavy atom. The molecule has 1 saturated heterocycles. The van der Waals surface area contributed by atoms with Gasteiger partial charge in [-0.25, -0.2) is 0 Å². The van der Waals surface area contributed by atoms with E-state index in [1.54, 1.807) is 6.07 Å². The van der Waals surface area contributed by atoms with Crippen LogP contribution in [0.25, 0.3) is 5.69 Å². The highest BCUT2D eigenvalue weighted by Gasteiger charge is 2.41. The van der Waals surface area contributed by atoms with Gasteiger partial charge in [0.1, 0.15) is 5.75 Å². The average Bonchev–Trinajstić information content (AvgIpc) is 3.19. The summed E-state index contributed by atoms with van der Waals surface area (Å²) in [4.78, 5) is 6.87. The minimum Gasteiger partial charge on any atom is -0.506 e. The quantitative estimate of drug-likeness (QED) is 0.608. The third-order valence-corrected chi connectivity index (χ3v) is 5.93. The predicted molar refractivity (Wildman–Crippen MR) is 119 cm³/mol. The van der Waals surface area contributed by atoms with E-state index in [9.17, 15) is 5.11 Å². The fourth-order valence-electron chi connectivity index (χ4n) is 4.34. The van der Waals surface area contributed by atoms with Crippen LogP contribution in [-0.4, -0.2) is 31.2 Å². The molecule has 1 aliphatic rings. The van der Waals surface area contributed by atoms with Crippen LogP contribution in [0.1, 0.15) is 48.1 Å². The van der Waals surface area contributed by atoms with Crippen molar-refractivity contribution in [3.8, 4) is 11.4 Å². The summed E-state index contributed by atoms with van der Waals surface area (Å²) >= 11 is 5.70. The van der Waals surface area contributed by atoms with Gasteiger partial charge in [-0.15, -0.1) is 0 Å². The van der Waals surface area contributed by atoms with E-state index >= 15 is 0 Å². The minimum atomic E-state index is -0.0198. The van der Waals surface area contributed by atoms with Crippen molar-refractivity contribution in [3.63, 3.8) is 0 Å². The van der Waals surface area contributed by atoms with Crippen LogP contribution in [-0.2, 0) is 0 Å². The number of rotatable bonds is 5. The van der Waals surface area contributed by atoms with E-state index in [1.165, 1.54) is 5.56 Å². The molecule has 2 aromatic heterocycles. The van der Waals surface area contributed by atoms with E-state index in [2.05, 4.69) is 46.6 Å². The zero-order valence-electron chi connectivity index (χ0n) is 17.0. The van der Waals surface area contributed by atoms with E-state index < -0.39 is 0 Å². The number of thiocarbonyl (C=S) groups is 1. The molecule has 1 aliphatic heterocycles. The highest BCUT2D eigenvalue weighted by molar-refractivity contribution is 7.80. The van der Waals surface area contributed by atoms with E-state index in [0.717, 1.165) is 40.8 Å². The lowest BCUT2D eigenvalue weighted by atomic mass is 9.96. The first-order chi connectivity index (χ1) is 14.0. The van der Waals surface area contributed by atoms with Gasteiger partial charge in [-0.3, -0.25) is 4.98 Å². The number of hydrogen-bond acceptors (Lipinski definition) is 3. The molecular weight excluding hydrogens is 380 g/mol. The van der Waals surface area contributed by atoms with E-state index in [1.807, 2.05) is 42.6 Å². The molecule has 0 bridgehead atoms. The van der Waals surface area contributed by atoms with E-state index in [-0.39, 0.29) is 17.8 Å². The van der Waals surface area contributed by atoms with Crippen molar-refractivity contribution in [3.05, 3.63) is 77.4 Å². The van der Waals surface area contributed by atoms with Gasteiger partial charge in [0, 0.05) is 24.1 Å². The van der Waals surface area contributed by atoms with Crippen molar-refractivity contribution in [2.45, 2.75) is 39.3 Å². The number of para-hydroxylation sites is 2. The Morgan fingerprint density at radius 1 is 1.14 bits per heavy atom. The summed E-state index contributed by atoms with van der Waals surface area (Å²) in [6.07, 6.45) is 2.83. The van der Waals surface area contributed by atoms with Crippen LogP contribution in [0, 0.1) is 13.8 Å². The van der Waals surface area contributed by atoms with Crippen molar-refractivity contribution >= 4 is 17.3 Å². The Balaban J connectivity index is 1.85. The highest BCUT2D eigenvalue weighted by Crippen LogP contribution is 2.41. The summed E-state index contributed by atoms with van der Waals surface area (Å²) in [6, 6.07) is 15.7. The normalized spacial score (nSPS) is 18.9. The number of pyridine rings is 1. The third-order valence-electron chi connectivity index (χ3n) is 5.57. The van der Waals surface area contributed by atoms with Crippen LogP contribution in [0.3, 0.4) is 0 Å². The maximum Gasteiger partial charge on any atom is 0.170 e. The van der Waals surface area contributed by atoms with Gasteiger partial charge in [-0.2, -0.15) is 0 Å². The van der Waals surface area contributed by atoms with Crippen LogP contribution in [0.2, 0.25) is 0 Å². The molecule has 0 spiro atoms. The first-order valence-corrected chi connectivity index (χ1v) is 10.4. The van der Waals surface area contributed by atoms with Gasteiger partial charge in [0.25, 0.3) is 0 Å². The molecule has 2 N–H and O–H groups in total. The van der Waals surface area contributed by atoms with Crippen molar-refractivity contribution < 1.29 is 5.11 Å². The van der Waals surface area contributed by atoms with Crippen molar-refractivity contribution in [1.82, 2.24) is 19.8 Å². The molecule has 3 aromatic rings. The molecule has 0 unspecified atom stereocenters. The summed E-state index contributed by atoms with van der Waals surface area (Å²) in [5.41, 5.74) is 5.14. The SMILES string of the molecule is CCCN1C(=S)N[C@@H](c2ccccn2)[C@@H]1c1cc(C)n(-c2ccccc2O)c1C. The van der Waals surface area contributed by atoms with Gasteiger partial charge in [-0.1, -0.05) is 25.1 Å². The molecule has 0 amide bonds. The number of nitrogens with zero attached hydrogens (tertiary/aromatic N) is 3. The molecule has 150 valence electrons. The number of phenolic OH excluding ortho intramolecular Hbond substituents is 1. The first-order valence-electron chi connectivity index (χ1n) is 9.98. The van der Waals surface area contributed by atoms with Gasteiger partial charge in [0.15, 0.2) is 5.11 Å². The number of aromatic hydroxyl groups is 1. The molecule has 4 rings (SSSR count). The second kappa shape index (κ2) is 7.87. The van der Waals surface area contributed by atoms with Crippen LogP contribution >= 0.6 is 12.2 Å². The molecule has 2 atom stereocenters. The van der Waals surface area contributed by atoms with Crippen LogP contribution in [0.5, 0.6) is 5.75 Å². The molecule has 1 aromatic carbocycles. The van der Waals surface area contributed by atoms with Gasteiger partial charge in [0.05, 0.1) is 23.5 Å². The summed E-state index contributed by atoms with van der Waals surface area (Å²) in [5.74, 6) is 0.271. The monoisotopic (exact) mass is 406 g/mol. The molecule has 5 nitrogen and oxygen atoms in total. The van der Waals surface area contributed by atoms with Crippen LogP contribution in [0.15, 0.2) is 54.7 Å². The molecule has 0 saturated carbocycles. The number of benzene rings is 1. The van der Waals surface area contributed by atoms with Crippen molar-refractivity contribution in [2.24, 2.45) is 0 Å². The van der Waals surface area contributed by atoms with Crippen LogP contribution in [0.4, 0.5) is 0 Å². The molecule has 3 heterocycles. The molecule has 0 aliphatic carbocycles. The fraction of sp³-hybridized carbons (Fsp3) is 0.304. The number of hydrogen-bond donors (Lipinski definition) is 2. The second-order valence-electron chi connectivity index (χ2n) is 7.47. The Labute approximate surface area is 177 Å². The molecular formula is C23H26N4OS. The summed E-state index contributed by atoms with van der Waals surface area (Å²) in [6.45, 7) is 7.22. The van der Waals surface area contributed by atoms with Gasteiger partial charge >= 0.3 is 0 Å². The zero-order chi connectivity index (χ0) is 20.5. The predicted octanol–water partition coefficient (Wildman–Crippen LogP) is 4.58. The lowest BCUT2D eigenvalue weighted by Crippen LogP contribution is -2.30. The maximum atomic E-state index is 10.4. The second-order valence-corrected chi connectivity index (χ2v) is 7.86. The Bertz CT molecular complexity index is 1030. The highest BCUT2D eigenvalue weighted by atomic mass is 32.1. The fourth-order valence-corrected chi connectivity index (χ4v) is 4.67. The van der Waals surface area contributed by atoms with Crippen LogP contribution < -0.4 is 5.32 Å². The Hall–Kier alpha value is -2.86. The first kappa shape index (κ1) is 19.5. The number of phenols is 1. The summed E-state index contributed by atoms with van der Waals surface area (Å²) < 4.78 is 2.12. The largest absolute Gasteiger partial charge is 0.506 e. The number of aryl methyl sites for hydroxylation is 1. The van der Waals surface area contributed by atoms with Gasteiger partial charge in [0.2, 0.25) is 0 Å². The molecule has 1 fully saturated rings. The average molecular weight is 407 g/mol. The summed E-state index contributed by atoms with van der Waals surface area (Å²) in [5, 5.41) is 14.7. The van der Waals surface area contributed by atoms with Gasteiger partial charge in [-0.05, 0) is 68.4 Å². The Kier molecular flexibility index (Phi) is 5.28. The molecule has 29 heavy (non-hydrogen) atoms. The van der Waals surface area contributed by atoms with E-state index in [0.29, 0.717) is 0 Å². The van der Waals surface area contributed by atoms with E-state index in [4.69, 9.17) is 12.2 Å². The molecule has 0 radical (unpaired) electrons. The number of aromatic nitrogens is 2. The summed E-state index contributed by atoms with van der Waals surface area (Å²) in [7, 11) is 0. The zero-order valence-corrected chi connectivity index (χ0v) is 17.8. The number of nitrogens with one attached hydrogen (secondary N) is 1. The third kappa shape index (κ3) is 3.38. The smallest absolute Gasteiger partial charge is 0.170 e. The molecule has 6 heteroatoms. The lowest BCUT2D eigenvalue weighted by molar-refractivity contribution is 0.316. The topological polar surface area (TPSA) is 53.3 Å². The lowest BCUT2D eigenvalue weighted by Gasteiger charge is -2.27.